The number of furan rings is 1. The third-order valence-electron chi connectivity index (χ3n) is 5.76. The van der Waals surface area contributed by atoms with Crippen LogP contribution in [0.1, 0.15) is 35.6 Å². The zero-order chi connectivity index (χ0) is 20.0. The smallest absolute Gasteiger partial charge is 0.464 e. The number of amides is 1. The van der Waals surface area contributed by atoms with Crippen molar-refractivity contribution in [3.63, 3.8) is 0 Å². The number of fused-ring (bicyclic) bond motifs is 6. The van der Waals surface area contributed by atoms with Gasteiger partial charge in [0.15, 0.2) is 5.60 Å². The molecule has 1 saturated heterocycles. The molecule has 148 valence electrons. The number of rotatable bonds is 6. The zero-order valence-electron chi connectivity index (χ0n) is 15.6. The number of hydrogen-bond acceptors (Lipinski definition) is 6. The van der Waals surface area contributed by atoms with E-state index in [0.717, 1.165) is 28.5 Å². The van der Waals surface area contributed by atoms with Gasteiger partial charge in [0.2, 0.25) is 0 Å². The van der Waals surface area contributed by atoms with Gasteiger partial charge >= 0.3 is 7.32 Å². The maximum atomic E-state index is 13.3. The Morgan fingerprint density at radius 3 is 2.90 bits per heavy atom. The summed E-state index contributed by atoms with van der Waals surface area (Å²) in [5, 5.41) is 22.4. The fraction of sp³-hybridized carbons (Fsp3) is 0.286. The van der Waals surface area contributed by atoms with E-state index < -0.39 is 19.2 Å². The SMILES string of the molecule is O=C(N[C@H](Cc1coc2ccccc12)OB(O)O)[C@]12CC[C@H](O1)c1ccccc12. The lowest BCUT2D eigenvalue weighted by molar-refractivity contribution is -0.147. The van der Waals surface area contributed by atoms with E-state index >= 15 is 0 Å². The molecule has 0 spiro atoms. The number of nitrogens with one attached hydrogen (secondary N) is 1. The van der Waals surface area contributed by atoms with Gasteiger partial charge in [-0.2, -0.15) is 0 Å². The first kappa shape index (κ1) is 18.4. The van der Waals surface area contributed by atoms with E-state index in [0.29, 0.717) is 12.0 Å². The Kier molecular flexibility index (Phi) is 4.44. The summed E-state index contributed by atoms with van der Waals surface area (Å²) >= 11 is 0. The van der Waals surface area contributed by atoms with Crippen LogP contribution in [0.5, 0.6) is 0 Å². The van der Waals surface area contributed by atoms with Crippen molar-refractivity contribution in [2.24, 2.45) is 0 Å². The average molecular weight is 393 g/mol. The minimum atomic E-state index is -2.02. The number of ether oxygens (including phenoxy) is 1. The minimum Gasteiger partial charge on any atom is -0.464 e. The Labute approximate surface area is 167 Å². The van der Waals surface area contributed by atoms with Crippen molar-refractivity contribution in [1.82, 2.24) is 5.32 Å². The van der Waals surface area contributed by atoms with Crippen LogP contribution >= 0.6 is 0 Å². The molecule has 3 heterocycles. The van der Waals surface area contributed by atoms with Crippen molar-refractivity contribution in [2.45, 2.75) is 37.2 Å². The van der Waals surface area contributed by atoms with Gasteiger partial charge in [-0.1, -0.05) is 42.5 Å². The van der Waals surface area contributed by atoms with E-state index in [9.17, 15) is 14.8 Å². The number of carbonyl (C=O) groups excluding carboxylic acids is 1. The molecule has 8 heteroatoms. The summed E-state index contributed by atoms with van der Waals surface area (Å²) in [4.78, 5) is 13.3. The molecule has 3 atom stereocenters. The van der Waals surface area contributed by atoms with Crippen LogP contribution in [-0.2, 0) is 26.2 Å². The summed E-state index contributed by atoms with van der Waals surface area (Å²) in [7, 11) is -2.02. The standard InChI is InChI=1S/C21H20BNO6/c24-20(21-10-9-18(28-21)15-6-1-3-7-16(15)21)23-19(29-22(25)26)11-13-12-27-17-8-4-2-5-14(13)17/h1-8,12,18-19,25-26H,9-11H2,(H,23,24)/t18-,19-,21+/m0/s1. The van der Waals surface area contributed by atoms with Gasteiger partial charge in [-0.3, -0.25) is 4.79 Å². The van der Waals surface area contributed by atoms with Gasteiger partial charge in [0.25, 0.3) is 5.91 Å². The van der Waals surface area contributed by atoms with E-state index in [-0.39, 0.29) is 18.4 Å². The van der Waals surface area contributed by atoms with E-state index in [1.165, 1.54) is 0 Å². The van der Waals surface area contributed by atoms with E-state index in [4.69, 9.17) is 13.8 Å². The van der Waals surface area contributed by atoms with Gasteiger partial charge in [-0.25, -0.2) is 0 Å². The zero-order valence-corrected chi connectivity index (χ0v) is 15.6. The van der Waals surface area contributed by atoms with Crippen LogP contribution in [0.15, 0.2) is 59.2 Å². The highest BCUT2D eigenvalue weighted by Gasteiger charge is 2.55. The molecule has 0 unspecified atom stereocenters. The molecule has 7 nitrogen and oxygen atoms in total. The number of benzene rings is 2. The summed E-state index contributed by atoms with van der Waals surface area (Å²) in [6.45, 7) is 0. The Morgan fingerprint density at radius 1 is 1.24 bits per heavy atom. The Balaban J connectivity index is 1.41. The molecule has 2 aromatic carbocycles. The predicted molar refractivity (Wildman–Crippen MR) is 104 cm³/mol. The summed E-state index contributed by atoms with van der Waals surface area (Å²) in [5.74, 6) is -0.344. The lowest BCUT2D eigenvalue weighted by Crippen LogP contribution is -2.50. The van der Waals surface area contributed by atoms with E-state index in [1.807, 2.05) is 48.5 Å². The summed E-state index contributed by atoms with van der Waals surface area (Å²) in [6.07, 6.45) is 2.09. The first-order chi connectivity index (χ1) is 14.1. The molecular formula is C21H20BNO6. The van der Waals surface area contributed by atoms with Crippen LogP contribution in [0.4, 0.5) is 0 Å². The van der Waals surface area contributed by atoms with Gasteiger partial charge in [-0.15, -0.1) is 0 Å². The van der Waals surface area contributed by atoms with Gasteiger partial charge in [-0.05, 0) is 30.0 Å². The molecule has 3 N–H and O–H groups in total. The first-order valence-corrected chi connectivity index (χ1v) is 9.62. The van der Waals surface area contributed by atoms with Crippen LogP contribution in [0.25, 0.3) is 11.0 Å². The van der Waals surface area contributed by atoms with Crippen molar-refractivity contribution >= 4 is 24.2 Å². The van der Waals surface area contributed by atoms with Crippen LogP contribution in [-0.4, -0.2) is 29.5 Å². The quantitative estimate of drug-likeness (QED) is 0.438. The molecule has 1 aromatic heterocycles. The number of hydrogen-bond donors (Lipinski definition) is 3. The van der Waals surface area contributed by atoms with Crippen molar-refractivity contribution in [3.8, 4) is 0 Å². The number of para-hydroxylation sites is 1. The lowest BCUT2D eigenvalue weighted by atomic mass is 9.81. The molecule has 2 bridgehead atoms. The molecule has 0 radical (unpaired) electrons. The van der Waals surface area contributed by atoms with Crippen LogP contribution in [0.3, 0.4) is 0 Å². The first-order valence-electron chi connectivity index (χ1n) is 9.62. The molecule has 1 fully saturated rings. The van der Waals surface area contributed by atoms with Gasteiger partial charge < -0.3 is 29.2 Å². The molecule has 0 aliphatic carbocycles. The topological polar surface area (TPSA) is 101 Å². The average Bonchev–Trinajstić information content (AvgIpc) is 3.41. The molecule has 1 amide bonds. The maximum Gasteiger partial charge on any atom is 0.635 e. The molecule has 0 saturated carbocycles. The molecule has 3 aromatic rings. The number of carbonyl (C=O) groups is 1. The Bertz CT molecular complexity index is 1070. The monoisotopic (exact) mass is 393 g/mol. The predicted octanol–water partition coefficient (Wildman–Crippen LogP) is 2.16. The highest BCUT2D eigenvalue weighted by atomic mass is 16.6. The fourth-order valence-electron chi connectivity index (χ4n) is 4.48. The van der Waals surface area contributed by atoms with Crippen molar-refractivity contribution in [3.05, 3.63) is 71.5 Å². The third kappa shape index (κ3) is 3.05. The lowest BCUT2D eigenvalue weighted by Gasteiger charge is -2.28. The third-order valence-corrected chi connectivity index (χ3v) is 5.76. The Morgan fingerprint density at radius 2 is 2.03 bits per heavy atom. The highest BCUT2D eigenvalue weighted by molar-refractivity contribution is 6.32. The second-order valence-electron chi connectivity index (χ2n) is 7.45. The fourth-order valence-corrected chi connectivity index (χ4v) is 4.48. The largest absolute Gasteiger partial charge is 0.635 e. The van der Waals surface area contributed by atoms with Crippen LogP contribution in [0.2, 0.25) is 0 Å². The second kappa shape index (κ2) is 7.00. The summed E-state index contributed by atoms with van der Waals surface area (Å²) < 4.78 is 16.8. The Hall–Kier alpha value is -2.65. The van der Waals surface area contributed by atoms with Crippen molar-refractivity contribution in [2.75, 3.05) is 0 Å². The minimum absolute atomic E-state index is 0.0856. The van der Waals surface area contributed by atoms with Crippen molar-refractivity contribution < 1.29 is 28.7 Å². The van der Waals surface area contributed by atoms with Gasteiger partial charge in [0.1, 0.15) is 11.8 Å². The molecular weight excluding hydrogens is 373 g/mol. The summed E-state index contributed by atoms with van der Waals surface area (Å²) in [6, 6.07) is 15.2. The van der Waals surface area contributed by atoms with Gasteiger partial charge in [0, 0.05) is 17.4 Å². The normalized spacial score (nSPS) is 23.2. The molecule has 29 heavy (non-hydrogen) atoms. The summed E-state index contributed by atoms with van der Waals surface area (Å²) in [5.41, 5.74) is 2.34. The molecule has 2 aliphatic rings. The second-order valence-corrected chi connectivity index (χ2v) is 7.45. The van der Waals surface area contributed by atoms with Crippen LogP contribution < -0.4 is 5.32 Å². The molecule has 2 aliphatic heterocycles. The van der Waals surface area contributed by atoms with Gasteiger partial charge in [0.05, 0.1) is 12.4 Å². The van der Waals surface area contributed by atoms with E-state index in [1.54, 1.807) is 6.26 Å². The maximum absolute atomic E-state index is 13.3. The molecule has 5 rings (SSSR count). The van der Waals surface area contributed by atoms with Crippen LogP contribution in [0, 0.1) is 0 Å². The highest BCUT2D eigenvalue weighted by Crippen LogP contribution is 2.54. The van der Waals surface area contributed by atoms with E-state index in [2.05, 4.69) is 5.32 Å². The van der Waals surface area contributed by atoms with Crippen molar-refractivity contribution in [1.29, 1.82) is 0 Å².